The first-order valence-corrected chi connectivity index (χ1v) is 23.1. The fourth-order valence-electron chi connectivity index (χ4n) is 13.9. The van der Waals surface area contributed by atoms with Gasteiger partial charge in [-0.05, 0) is 126 Å². The van der Waals surface area contributed by atoms with E-state index in [1.807, 2.05) is 0 Å². The van der Waals surface area contributed by atoms with Gasteiger partial charge in [-0.2, -0.15) is 29.0 Å². The molecule has 0 spiro atoms. The van der Waals surface area contributed by atoms with E-state index in [2.05, 4.69) is 44.1 Å². The highest BCUT2D eigenvalue weighted by molar-refractivity contribution is 8.00. The quantitative estimate of drug-likeness (QED) is 0.302. The minimum absolute atomic E-state index is 0.377. The number of hydroxylamine groups is 1. The second-order valence-corrected chi connectivity index (χ2v) is 21.5. The number of nitrogens with zero attached hydrogens (tertiary/aromatic N) is 2. The molecule has 11 unspecified atom stereocenters. The zero-order valence-electron chi connectivity index (χ0n) is 29.3. The maximum Gasteiger partial charge on any atom is 0.120 e. The predicted octanol–water partition coefficient (Wildman–Crippen LogP) is 8.33. The number of hydrogen-bond acceptors (Lipinski definition) is 7. The third kappa shape index (κ3) is 6.04. The summed E-state index contributed by atoms with van der Waals surface area (Å²) in [5, 5.41) is 7.50. The van der Waals surface area contributed by atoms with Gasteiger partial charge in [0.2, 0.25) is 0 Å². The lowest BCUT2D eigenvalue weighted by atomic mass is 9.57. The summed E-state index contributed by atoms with van der Waals surface area (Å²) < 4.78 is 0. The van der Waals surface area contributed by atoms with E-state index in [9.17, 15) is 0 Å². The van der Waals surface area contributed by atoms with E-state index in [-0.39, 0.29) is 0 Å². The summed E-state index contributed by atoms with van der Waals surface area (Å²) in [5.74, 6) is 4.59. The average molecular weight is 683 g/mol. The molecule has 7 aliphatic carbocycles. The third-order valence-electron chi connectivity index (χ3n) is 16.3. The van der Waals surface area contributed by atoms with Crippen LogP contribution in [0.4, 0.5) is 0 Å². The van der Waals surface area contributed by atoms with Gasteiger partial charge in [0, 0.05) is 57.3 Å². The predicted molar refractivity (Wildman–Crippen MR) is 196 cm³/mol. The molecule has 3 heterocycles. The second-order valence-electron chi connectivity index (χ2n) is 18.6. The highest BCUT2D eigenvalue weighted by Gasteiger charge is 2.54. The van der Waals surface area contributed by atoms with Crippen molar-refractivity contribution in [1.29, 1.82) is 0 Å². The minimum Gasteiger partial charge on any atom is -0.292 e. The molecular formula is C40H66N4OS2. The van der Waals surface area contributed by atoms with Crippen molar-refractivity contribution < 1.29 is 4.84 Å². The summed E-state index contributed by atoms with van der Waals surface area (Å²) in [6, 6.07) is 5.42. The van der Waals surface area contributed by atoms with E-state index in [0.29, 0.717) is 12.9 Å². The Kier molecular flexibility index (Phi) is 9.45. The summed E-state index contributed by atoms with van der Waals surface area (Å²) in [4.78, 5) is 12.2. The fraction of sp³-hybridized carbons (Fsp3) is 1.00. The fourth-order valence-corrected chi connectivity index (χ4v) is 17.9. The van der Waals surface area contributed by atoms with Crippen LogP contribution in [0.1, 0.15) is 148 Å². The SMILES string of the molecule is C1CCC2C(C1)SC1CCCCC1N2C1CC(C2CC(C3CC(N4C5CCCCC5SC5CCCCC54)C3)CC(C3NCON3)C2)C1. The van der Waals surface area contributed by atoms with E-state index in [1.165, 1.54) is 141 Å². The van der Waals surface area contributed by atoms with Gasteiger partial charge >= 0.3 is 0 Å². The molecular weight excluding hydrogens is 617 g/mol. The first kappa shape index (κ1) is 32.2. The lowest BCUT2D eigenvalue weighted by molar-refractivity contribution is -0.0684. The molecule has 0 aromatic carbocycles. The molecule has 3 saturated heterocycles. The van der Waals surface area contributed by atoms with Crippen LogP contribution in [0.2, 0.25) is 0 Å². The van der Waals surface area contributed by atoms with Crippen LogP contribution in [-0.2, 0) is 4.84 Å². The van der Waals surface area contributed by atoms with E-state index in [0.717, 1.165) is 86.8 Å². The van der Waals surface area contributed by atoms with Crippen molar-refractivity contribution in [2.75, 3.05) is 6.73 Å². The molecule has 2 N–H and O–H groups in total. The Bertz CT molecular complexity index is 960. The molecule has 10 aliphatic rings. The molecule has 0 aromatic rings. The van der Waals surface area contributed by atoms with Crippen molar-refractivity contribution in [3.8, 4) is 0 Å². The normalized spacial score (nSPS) is 53.9. The Morgan fingerprint density at radius 1 is 0.426 bits per heavy atom. The first-order chi connectivity index (χ1) is 23.3. The van der Waals surface area contributed by atoms with Crippen LogP contribution in [0.15, 0.2) is 0 Å². The lowest BCUT2D eigenvalue weighted by Crippen LogP contribution is -2.65. The van der Waals surface area contributed by atoms with Crippen molar-refractivity contribution in [3.05, 3.63) is 0 Å². The standard InChI is InChI=1S/C40H66N4OS2/c1-5-13-36-32(9-1)43(33-10-2-6-14-37(33)46-36)30-20-27(21-30)25-17-26(19-29(18-25)40-41-24-45-42-40)28-22-31(23-28)44-34-11-3-7-15-38(34)47-39-16-8-4-12-35(39)44/h25-42H,1-24H2. The van der Waals surface area contributed by atoms with E-state index >= 15 is 0 Å². The van der Waals surface area contributed by atoms with Gasteiger partial charge < -0.3 is 0 Å². The second kappa shape index (κ2) is 13.8. The monoisotopic (exact) mass is 682 g/mol. The molecule has 3 aliphatic heterocycles. The zero-order valence-corrected chi connectivity index (χ0v) is 31.0. The molecule has 0 aromatic heterocycles. The number of thioether (sulfide) groups is 2. The summed E-state index contributed by atoms with van der Waals surface area (Å²) in [7, 11) is 0. The summed E-state index contributed by atoms with van der Waals surface area (Å²) in [6.45, 7) is 0.684. The Morgan fingerprint density at radius 3 is 1.17 bits per heavy atom. The van der Waals surface area contributed by atoms with Gasteiger partial charge in [-0.3, -0.25) is 20.0 Å². The van der Waals surface area contributed by atoms with Crippen LogP contribution in [0, 0.1) is 29.6 Å². The highest BCUT2D eigenvalue weighted by Crippen LogP contribution is 2.56. The summed E-state index contributed by atoms with van der Waals surface area (Å²) >= 11 is 4.92. The van der Waals surface area contributed by atoms with E-state index in [1.54, 1.807) is 6.42 Å². The number of nitrogens with one attached hydrogen (secondary N) is 2. The number of rotatable bonds is 5. The summed E-state index contributed by atoms with van der Waals surface area (Å²) in [6.07, 6.45) is 34.8. The molecule has 10 fully saturated rings. The van der Waals surface area contributed by atoms with Crippen molar-refractivity contribution in [1.82, 2.24) is 20.6 Å². The van der Waals surface area contributed by atoms with Crippen LogP contribution in [0.25, 0.3) is 0 Å². The number of fused-ring (bicyclic) bond motifs is 4. The number of hydrogen-bond donors (Lipinski definition) is 2. The van der Waals surface area contributed by atoms with Crippen molar-refractivity contribution >= 4 is 23.5 Å². The summed E-state index contributed by atoms with van der Waals surface area (Å²) in [5.41, 5.74) is 3.43. The van der Waals surface area contributed by atoms with Crippen LogP contribution < -0.4 is 10.8 Å². The Balaban J connectivity index is 0.821. The molecule has 5 nitrogen and oxygen atoms in total. The van der Waals surface area contributed by atoms with Gasteiger partial charge in [-0.1, -0.05) is 51.4 Å². The van der Waals surface area contributed by atoms with Crippen LogP contribution in [0.5, 0.6) is 0 Å². The third-order valence-corrected chi connectivity index (χ3v) is 19.8. The van der Waals surface area contributed by atoms with Crippen molar-refractivity contribution in [2.45, 2.75) is 211 Å². The molecule has 264 valence electrons. The minimum atomic E-state index is 0.377. The Labute approximate surface area is 295 Å². The van der Waals surface area contributed by atoms with E-state index in [4.69, 9.17) is 4.84 Å². The highest BCUT2D eigenvalue weighted by atomic mass is 32.2. The smallest absolute Gasteiger partial charge is 0.120 e. The van der Waals surface area contributed by atoms with Gasteiger partial charge in [0.15, 0.2) is 0 Å². The van der Waals surface area contributed by atoms with Crippen LogP contribution in [0.3, 0.4) is 0 Å². The van der Waals surface area contributed by atoms with Crippen LogP contribution >= 0.6 is 23.5 Å². The van der Waals surface area contributed by atoms with Gasteiger partial charge in [0.05, 0.1) is 6.17 Å². The van der Waals surface area contributed by atoms with Gasteiger partial charge in [-0.25, -0.2) is 0 Å². The average Bonchev–Trinajstić information content (AvgIpc) is 3.62. The molecule has 0 bridgehead atoms. The molecule has 0 amide bonds. The molecule has 0 radical (unpaired) electrons. The largest absolute Gasteiger partial charge is 0.292 e. The van der Waals surface area contributed by atoms with Crippen molar-refractivity contribution in [2.24, 2.45) is 29.6 Å². The maximum absolute atomic E-state index is 5.70. The van der Waals surface area contributed by atoms with Crippen molar-refractivity contribution in [3.63, 3.8) is 0 Å². The van der Waals surface area contributed by atoms with Gasteiger partial charge in [0.1, 0.15) is 6.73 Å². The Hall–Kier alpha value is 0.500. The van der Waals surface area contributed by atoms with Gasteiger partial charge in [0.25, 0.3) is 0 Å². The molecule has 47 heavy (non-hydrogen) atoms. The topological polar surface area (TPSA) is 39.8 Å². The Morgan fingerprint density at radius 2 is 0.787 bits per heavy atom. The zero-order chi connectivity index (χ0) is 30.9. The van der Waals surface area contributed by atoms with Crippen LogP contribution in [-0.4, -0.2) is 79.9 Å². The first-order valence-electron chi connectivity index (χ1n) is 21.2. The lowest BCUT2D eigenvalue weighted by Gasteiger charge is -2.61. The van der Waals surface area contributed by atoms with Gasteiger partial charge in [-0.15, -0.1) is 0 Å². The molecule has 10 rings (SSSR count). The molecule has 7 heteroatoms. The maximum atomic E-state index is 5.70. The molecule has 11 atom stereocenters. The molecule has 7 saturated carbocycles. The van der Waals surface area contributed by atoms with E-state index < -0.39 is 0 Å².